The first-order chi connectivity index (χ1) is 20.9. The van der Waals surface area contributed by atoms with Crippen molar-refractivity contribution in [2.75, 3.05) is 19.6 Å². The first-order valence-electron chi connectivity index (χ1n) is 14.5. The lowest BCUT2D eigenvalue weighted by Crippen LogP contribution is -2.42. The lowest BCUT2D eigenvalue weighted by Gasteiger charge is -2.38. The predicted octanol–water partition coefficient (Wildman–Crippen LogP) is 7.12. The summed E-state index contributed by atoms with van der Waals surface area (Å²) in [6.45, 7) is 2.82. The van der Waals surface area contributed by atoms with Crippen LogP contribution in [0.25, 0.3) is 5.57 Å². The summed E-state index contributed by atoms with van der Waals surface area (Å²) in [7, 11) is 0. The van der Waals surface area contributed by atoms with Crippen LogP contribution in [0.4, 0.5) is 0 Å². The SMILES string of the molecule is O=C(O)c1ccc(COc2cccc3c2C/C(=C/CCN2CCC(O)(c4ccc(Cl)cc4)CC2)c2cccnc2O3)cc1. The number of aromatic nitrogens is 1. The molecule has 0 aliphatic carbocycles. The molecule has 2 aliphatic heterocycles. The van der Waals surface area contributed by atoms with Crippen LogP contribution in [-0.2, 0) is 18.6 Å². The van der Waals surface area contributed by atoms with Crippen LogP contribution >= 0.6 is 11.6 Å². The van der Waals surface area contributed by atoms with Gasteiger partial charge in [-0.15, -0.1) is 0 Å². The Kier molecular flexibility index (Phi) is 8.47. The number of benzene rings is 3. The summed E-state index contributed by atoms with van der Waals surface area (Å²) in [5, 5.41) is 21.1. The van der Waals surface area contributed by atoms with Crippen molar-refractivity contribution in [3.05, 3.63) is 124 Å². The van der Waals surface area contributed by atoms with Gasteiger partial charge in [0.1, 0.15) is 18.1 Å². The number of fused-ring (bicyclic) bond motifs is 2. The van der Waals surface area contributed by atoms with Crippen LogP contribution in [-0.4, -0.2) is 45.7 Å². The fourth-order valence-corrected chi connectivity index (χ4v) is 5.89. The number of hydrogen-bond donors (Lipinski definition) is 2. The van der Waals surface area contributed by atoms with Crippen LogP contribution in [0, 0.1) is 0 Å². The smallest absolute Gasteiger partial charge is 0.335 e. The van der Waals surface area contributed by atoms with E-state index in [1.807, 2.05) is 54.6 Å². The van der Waals surface area contributed by atoms with Gasteiger partial charge in [0, 0.05) is 48.4 Å². The van der Waals surface area contributed by atoms with Crippen LogP contribution in [0.3, 0.4) is 0 Å². The van der Waals surface area contributed by atoms with Crippen LogP contribution in [0.5, 0.6) is 17.4 Å². The third-order valence-corrected chi connectivity index (χ3v) is 8.53. The van der Waals surface area contributed by atoms with Crippen molar-refractivity contribution in [2.24, 2.45) is 0 Å². The Morgan fingerprint density at radius 1 is 1.02 bits per heavy atom. The number of hydrogen-bond acceptors (Lipinski definition) is 6. The van der Waals surface area contributed by atoms with E-state index in [1.165, 1.54) is 0 Å². The minimum Gasteiger partial charge on any atom is -0.488 e. The molecule has 7 nitrogen and oxygen atoms in total. The number of piperidine rings is 1. The molecule has 0 spiro atoms. The summed E-state index contributed by atoms with van der Waals surface area (Å²) in [4.78, 5) is 18.1. The van der Waals surface area contributed by atoms with Gasteiger partial charge in [-0.2, -0.15) is 0 Å². The molecule has 1 fully saturated rings. The van der Waals surface area contributed by atoms with E-state index >= 15 is 0 Å². The van der Waals surface area contributed by atoms with Crippen molar-refractivity contribution in [3.8, 4) is 17.4 Å². The highest BCUT2D eigenvalue weighted by Crippen LogP contribution is 2.42. The highest BCUT2D eigenvalue weighted by molar-refractivity contribution is 6.30. The Balaban J connectivity index is 1.15. The van der Waals surface area contributed by atoms with Crippen LogP contribution in [0.2, 0.25) is 5.02 Å². The average Bonchev–Trinajstić information content (AvgIpc) is 3.18. The molecule has 8 heteroatoms. The molecular formula is C35H33ClN2O5. The monoisotopic (exact) mass is 596 g/mol. The molecule has 1 saturated heterocycles. The van der Waals surface area contributed by atoms with E-state index in [-0.39, 0.29) is 5.56 Å². The molecule has 2 aliphatic rings. The maximum atomic E-state index is 11.3. The molecule has 43 heavy (non-hydrogen) atoms. The number of carboxylic acid groups (broad SMARTS) is 1. The average molecular weight is 597 g/mol. The van der Waals surface area contributed by atoms with E-state index in [9.17, 15) is 15.0 Å². The topological polar surface area (TPSA) is 92.1 Å². The van der Waals surface area contributed by atoms with Gasteiger partial charge in [-0.1, -0.05) is 48.0 Å². The molecular weight excluding hydrogens is 564 g/mol. The fourth-order valence-electron chi connectivity index (χ4n) is 5.76. The first kappa shape index (κ1) is 28.9. The normalized spacial score (nSPS) is 16.9. The molecule has 220 valence electrons. The molecule has 6 rings (SSSR count). The van der Waals surface area contributed by atoms with Crippen LogP contribution < -0.4 is 9.47 Å². The number of aliphatic hydroxyl groups is 1. The number of carbonyl (C=O) groups is 1. The summed E-state index contributed by atoms with van der Waals surface area (Å²) in [5.41, 5.74) is 4.26. The lowest BCUT2D eigenvalue weighted by molar-refractivity contribution is -0.0254. The standard InChI is InChI=1S/C35H33ClN2O5/c36-28-14-12-27(13-15-28)35(41)16-20-38(21-17-35)19-3-4-26-22-30-31(42-23-24-8-10-25(11-9-24)34(39)40)6-1-7-32(30)43-33-29(26)5-2-18-37-33/h1-2,4-15,18,41H,3,16-17,19-23H2,(H,39,40)/b26-4-. The number of aromatic carboxylic acids is 1. The summed E-state index contributed by atoms with van der Waals surface area (Å²) < 4.78 is 12.5. The molecule has 0 amide bonds. The van der Waals surface area contributed by atoms with E-state index in [0.29, 0.717) is 42.5 Å². The zero-order valence-electron chi connectivity index (χ0n) is 23.7. The largest absolute Gasteiger partial charge is 0.488 e. The quantitative estimate of drug-likeness (QED) is 0.224. The van der Waals surface area contributed by atoms with Crippen LogP contribution in [0.15, 0.2) is 91.1 Å². The number of likely N-dealkylation sites (tertiary alicyclic amines) is 1. The van der Waals surface area contributed by atoms with Crippen molar-refractivity contribution in [2.45, 2.75) is 37.9 Å². The maximum Gasteiger partial charge on any atom is 0.335 e. The minimum atomic E-state index is -0.953. The number of allylic oxidation sites excluding steroid dienone is 1. The minimum absolute atomic E-state index is 0.243. The van der Waals surface area contributed by atoms with Crippen LogP contribution in [0.1, 0.15) is 51.9 Å². The lowest BCUT2D eigenvalue weighted by atomic mass is 9.84. The van der Waals surface area contributed by atoms with Crippen molar-refractivity contribution in [1.82, 2.24) is 9.88 Å². The molecule has 0 radical (unpaired) electrons. The second kappa shape index (κ2) is 12.6. The van der Waals surface area contributed by atoms with E-state index in [0.717, 1.165) is 59.6 Å². The molecule has 3 aromatic carbocycles. The zero-order valence-corrected chi connectivity index (χ0v) is 24.5. The zero-order chi connectivity index (χ0) is 29.8. The number of carboxylic acids is 1. The molecule has 4 aromatic rings. The van der Waals surface area contributed by atoms with Gasteiger partial charge in [-0.05, 0) is 84.5 Å². The third kappa shape index (κ3) is 6.59. The molecule has 0 bridgehead atoms. The molecule has 3 heterocycles. The molecule has 1 aromatic heterocycles. The van der Waals surface area contributed by atoms with Gasteiger partial charge in [0.2, 0.25) is 5.88 Å². The summed E-state index contributed by atoms with van der Waals surface area (Å²) in [6, 6.07) is 24.0. The molecule has 0 atom stereocenters. The summed E-state index contributed by atoms with van der Waals surface area (Å²) >= 11 is 6.04. The van der Waals surface area contributed by atoms with Crippen molar-refractivity contribution in [1.29, 1.82) is 0 Å². The van der Waals surface area contributed by atoms with Crippen molar-refractivity contribution < 1.29 is 24.5 Å². The number of rotatable bonds is 8. The highest BCUT2D eigenvalue weighted by atomic mass is 35.5. The second-order valence-corrected chi connectivity index (χ2v) is 11.5. The number of pyridine rings is 1. The van der Waals surface area contributed by atoms with E-state index < -0.39 is 11.6 Å². The number of halogens is 1. The summed E-state index contributed by atoms with van der Waals surface area (Å²) in [5.74, 6) is 1.04. The number of nitrogens with zero attached hydrogens (tertiary/aromatic N) is 2. The van der Waals surface area contributed by atoms with E-state index in [1.54, 1.807) is 30.5 Å². The highest BCUT2D eigenvalue weighted by Gasteiger charge is 2.33. The molecule has 0 saturated carbocycles. The Labute approximate surface area is 256 Å². The van der Waals surface area contributed by atoms with Crippen molar-refractivity contribution in [3.63, 3.8) is 0 Å². The second-order valence-electron chi connectivity index (χ2n) is 11.1. The third-order valence-electron chi connectivity index (χ3n) is 8.28. The van der Waals surface area contributed by atoms with E-state index in [2.05, 4.69) is 16.0 Å². The Hall–Kier alpha value is -4.17. The first-order valence-corrected chi connectivity index (χ1v) is 14.9. The van der Waals surface area contributed by atoms with Gasteiger partial charge in [-0.3, -0.25) is 0 Å². The maximum absolute atomic E-state index is 11.3. The van der Waals surface area contributed by atoms with Gasteiger partial charge in [0.25, 0.3) is 0 Å². The van der Waals surface area contributed by atoms with Gasteiger partial charge in [-0.25, -0.2) is 9.78 Å². The predicted molar refractivity (Wildman–Crippen MR) is 166 cm³/mol. The van der Waals surface area contributed by atoms with Gasteiger partial charge < -0.3 is 24.6 Å². The number of ether oxygens (including phenoxy) is 2. The van der Waals surface area contributed by atoms with Crippen molar-refractivity contribution >= 4 is 23.1 Å². The molecule has 0 unspecified atom stereocenters. The molecule has 2 N–H and O–H groups in total. The van der Waals surface area contributed by atoms with Gasteiger partial charge in [0.05, 0.1) is 11.2 Å². The van der Waals surface area contributed by atoms with Gasteiger partial charge in [0.15, 0.2) is 0 Å². The van der Waals surface area contributed by atoms with E-state index in [4.69, 9.17) is 21.1 Å². The fraction of sp³-hybridized carbons (Fsp3) is 0.257. The van der Waals surface area contributed by atoms with Gasteiger partial charge >= 0.3 is 5.97 Å². The Morgan fingerprint density at radius 2 is 1.79 bits per heavy atom. The summed E-state index contributed by atoms with van der Waals surface area (Å²) in [6.07, 6.45) is 6.83. The Morgan fingerprint density at radius 3 is 2.53 bits per heavy atom. The Bertz CT molecular complexity index is 1630.